The predicted octanol–water partition coefficient (Wildman–Crippen LogP) is 2.58. The van der Waals surface area contributed by atoms with E-state index in [4.69, 9.17) is 14.0 Å². The molecule has 0 aliphatic rings. The van der Waals surface area contributed by atoms with E-state index in [1.54, 1.807) is 6.92 Å². The van der Waals surface area contributed by atoms with Crippen molar-refractivity contribution in [3.05, 3.63) is 34.7 Å². The molecule has 134 valence electrons. The molecule has 2 N–H and O–H groups in total. The van der Waals surface area contributed by atoms with Gasteiger partial charge in [-0.05, 0) is 32.4 Å². The van der Waals surface area contributed by atoms with Crippen LogP contribution in [0.3, 0.4) is 0 Å². The van der Waals surface area contributed by atoms with Gasteiger partial charge < -0.3 is 24.4 Å². The summed E-state index contributed by atoms with van der Waals surface area (Å²) >= 11 is 0. The van der Waals surface area contributed by atoms with Crippen molar-refractivity contribution in [2.45, 2.75) is 26.7 Å². The highest BCUT2D eigenvalue weighted by Crippen LogP contribution is 2.36. The molecular weight excluding hydrogens is 328 g/mol. The Kier molecular flexibility index (Phi) is 5.63. The smallest absolute Gasteiger partial charge is 0.335 e. The van der Waals surface area contributed by atoms with Crippen molar-refractivity contribution in [1.82, 2.24) is 5.16 Å². The fraction of sp³-hybridized carbons (Fsp3) is 0.353. The molecule has 8 nitrogen and oxygen atoms in total. The van der Waals surface area contributed by atoms with Gasteiger partial charge in [0.25, 0.3) is 0 Å². The third-order valence-corrected chi connectivity index (χ3v) is 3.78. The van der Waals surface area contributed by atoms with Crippen LogP contribution < -0.4 is 14.8 Å². The minimum atomic E-state index is -1.13. The number of carboxylic acid groups (broad SMARTS) is 1. The molecule has 0 saturated carbocycles. The second kappa shape index (κ2) is 7.69. The van der Waals surface area contributed by atoms with Gasteiger partial charge in [-0.25, -0.2) is 4.79 Å². The summed E-state index contributed by atoms with van der Waals surface area (Å²) in [5, 5.41) is 15.7. The number of carboxylic acids is 1. The number of carbonyl (C=O) groups excluding carboxylic acids is 1. The lowest BCUT2D eigenvalue weighted by molar-refractivity contribution is -0.116. The lowest BCUT2D eigenvalue weighted by atomic mass is 10.1. The van der Waals surface area contributed by atoms with E-state index in [0.29, 0.717) is 12.2 Å². The summed E-state index contributed by atoms with van der Waals surface area (Å²) in [7, 11) is 2.81. The lowest BCUT2D eigenvalue weighted by Crippen LogP contribution is -2.14. The highest BCUT2D eigenvalue weighted by Gasteiger charge is 2.18. The van der Waals surface area contributed by atoms with Gasteiger partial charge in [0, 0.05) is 12.0 Å². The quantitative estimate of drug-likeness (QED) is 0.791. The van der Waals surface area contributed by atoms with Crippen molar-refractivity contribution < 1.29 is 28.7 Å². The number of hydrogen-bond acceptors (Lipinski definition) is 6. The van der Waals surface area contributed by atoms with Gasteiger partial charge >= 0.3 is 5.97 Å². The molecule has 0 bridgehead atoms. The molecule has 0 aliphatic heterocycles. The summed E-state index contributed by atoms with van der Waals surface area (Å²) in [5.41, 5.74) is 1.86. The van der Waals surface area contributed by atoms with Gasteiger partial charge in [-0.3, -0.25) is 4.79 Å². The number of aryl methyl sites for hydroxylation is 2. The fourth-order valence-electron chi connectivity index (χ4n) is 2.49. The van der Waals surface area contributed by atoms with E-state index in [9.17, 15) is 14.7 Å². The van der Waals surface area contributed by atoms with Crippen LogP contribution in [0.4, 0.5) is 5.69 Å². The molecule has 1 aromatic carbocycles. The Labute approximate surface area is 144 Å². The van der Waals surface area contributed by atoms with E-state index in [1.165, 1.54) is 26.4 Å². The molecule has 2 rings (SSSR count). The number of methoxy groups -OCH3 is 2. The van der Waals surface area contributed by atoms with Crippen molar-refractivity contribution in [3.8, 4) is 11.5 Å². The van der Waals surface area contributed by atoms with Gasteiger partial charge in [0.2, 0.25) is 5.91 Å². The molecular formula is C17H20N2O6. The topological polar surface area (TPSA) is 111 Å². The Morgan fingerprint density at radius 3 is 2.48 bits per heavy atom. The number of aromatic nitrogens is 1. The number of ether oxygens (including phenoxy) is 2. The summed E-state index contributed by atoms with van der Waals surface area (Å²) in [5.74, 6) is -0.255. The molecule has 0 radical (unpaired) electrons. The maximum atomic E-state index is 12.3. The number of nitrogens with one attached hydrogen (secondary N) is 1. The standard InChI is InChI=1S/C17H20N2O6/c1-9-12(10(2)25-19-9)5-6-15(20)18-13-7-11(17(21)22)8-14(23-3)16(13)24-4/h7-8H,5-6H2,1-4H3,(H,18,20)(H,21,22). The van der Waals surface area contributed by atoms with Crippen molar-refractivity contribution in [3.63, 3.8) is 0 Å². The van der Waals surface area contributed by atoms with E-state index >= 15 is 0 Å². The predicted molar refractivity (Wildman–Crippen MR) is 89.4 cm³/mol. The minimum absolute atomic E-state index is 0.0151. The van der Waals surface area contributed by atoms with Gasteiger partial charge in [0.15, 0.2) is 11.5 Å². The largest absolute Gasteiger partial charge is 0.493 e. The monoisotopic (exact) mass is 348 g/mol. The molecule has 1 heterocycles. The lowest BCUT2D eigenvalue weighted by Gasteiger charge is -2.14. The van der Waals surface area contributed by atoms with E-state index in [0.717, 1.165) is 11.3 Å². The van der Waals surface area contributed by atoms with Crippen LogP contribution in [0, 0.1) is 13.8 Å². The Bertz CT molecular complexity index is 777. The van der Waals surface area contributed by atoms with Crippen molar-refractivity contribution >= 4 is 17.6 Å². The van der Waals surface area contributed by atoms with Crippen molar-refractivity contribution in [1.29, 1.82) is 0 Å². The van der Waals surface area contributed by atoms with Crippen LogP contribution in [0.1, 0.15) is 33.8 Å². The maximum absolute atomic E-state index is 12.3. The molecule has 0 unspecified atom stereocenters. The number of aromatic carboxylic acids is 1. The molecule has 0 fully saturated rings. The number of rotatable bonds is 7. The summed E-state index contributed by atoms with van der Waals surface area (Å²) in [6, 6.07) is 2.66. The zero-order valence-electron chi connectivity index (χ0n) is 14.5. The third kappa shape index (κ3) is 4.09. The summed E-state index contributed by atoms with van der Waals surface area (Å²) < 4.78 is 15.4. The first-order valence-corrected chi connectivity index (χ1v) is 7.58. The first-order valence-electron chi connectivity index (χ1n) is 7.58. The second-order valence-electron chi connectivity index (χ2n) is 5.42. The molecule has 0 spiro atoms. The van der Waals surface area contributed by atoms with Crippen LogP contribution >= 0.6 is 0 Å². The number of carbonyl (C=O) groups is 2. The van der Waals surface area contributed by atoms with Crippen LogP contribution in [0.15, 0.2) is 16.7 Å². The highest BCUT2D eigenvalue weighted by atomic mass is 16.5. The molecule has 2 aromatic rings. The van der Waals surface area contributed by atoms with E-state index in [-0.39, 0.29) is 35.1 Å². The number of anilines is 1. The SMILES string of the molecule is COc1cc(C(=O)O)cc(NC(=O)CCc2c(C)noc2C)c1OC. The number of benzene rings is 1. The first kappa shape index (κ1) is 18.3. The Hall–Kier alpha value is -3.03. The summed E-state index contributed by atoms with van der Waals surface area (Å²) in [4.78, 5) is 23.5. The zero-order valence-corrected chi connectivity index (χ0v) is 14.5. The van der Waals surface area contributed by atoms with Crippen LogP contribution in [-0.2, 0) is 11.2 Å². The van der Waals surface area contributed by atoms with Crippen molar-refractivity contribution in [2.75, 3.05) is 19.5 Å². The van der Waals surface area contributed by atoms with Crippen LogP contribution in [0.25, 0.3) is 0 Å². The molecule has 0 aliphatic carbocycles. The highest BCUT2D eigenvalue weighted by molar-refractivity contribution is 5.96. The number of amides is 1. The maximum Gasteiger partial charge on any atom is 0.335 e. The third-order valence-electron chi connectivity index (χ3n) is 3.78. The Morgan fingerprint density at radius 1 is 1.24 bits per heavy atom. The van der Waals surface area contributed by atoms with Crippen LogP contribution in [-0.4, -0.2) is 36.4 Å². The average Bonchev–Trinajstić information content (AvgIpc) is 2.90. The summed E-state index contributed by atoms with van der Waals surface area (Å²) in [6.07, 6.45) is 0.650. The molecule has 0 atom stereocenters. The van der Waals surface area contributed by atoms with E-state index in [2.05, 4.69) is 10.5 Å². The zero-order chi connectivity index (χ0) is 18.6. The van der Waals surface area contributed by atoms with Crippen LogP contribution in [0.2, 0.25) is 0 Å². The molecule has 0 saturated heterocycles. The summed E-state index contributed by atoms with van der Waals surface area (Å²) in [6.45, 7) is 3.60. The van der Waals surface area contributed by atoms with Crippen molar-refractivity contribution in [2.24, 2.45) is 0 Å². The first-order chi connectivity index (χ1) is 11.9. The fourth-order valence-corrected chi connectivity index (χ4v) is 2.49. The molecule has 25 heavy (non-hydrogen) atoms. The van der Waals surface area contributed by atoms with E-state index in [1.807, 2.05) is 6.92 Å². The van der Waals surface area contributed by atoms with Gasteiger partial charge in [-0.2, -0.15) is 0 Å². The average molecular weight is 348 g/mol. The number of hydrogen-bond donors (Lipinski definition) is 2. The molecule has 1 amide bonds. The molecule has 1 aromatic heterocycles. The van der Waals surface area contributed by atoms with Gasteiger partial charge in [-0.1, -0.05) is 5.16 Å². The minimum Gasteiger partial charge on any atom is -0.493 e. The Morgan fingerprint density at radius 2 is 1.96 bits per heavy atom. The van der Waals surface area contributed by atoms with Gasteiger partial charge in [-0.15, -0.1) is 0 Å². The Balaban J connectivity index is 2.19. The molecule has 8 heteroatoms. The van der Waals surface area contributed by atoms with Gasteiger partial charge in [0.05, 0.1) is 31.2 Å². The number of nitrogens with zero attached hydrogens (tertiary/aromatic N) is 1. The van der Waals surface area contributed by atoms with Gasteiger partial charge in [0.1, 0.15) is 5.76 Å². The van der Waals surface area contributed by atoms with E-state index < -0.39 is 5.97 Å². The normalized spacial score (nSPS) is 10.4. The second-order valence-corrected chi connectivity index (χ2v) is 5.42. The van der Waals surface area contributed by atoms with Crippen LogP contribution in [0.5, 0.6) is 11.5 Å².